The van der Waals surface area contributed by atoms with E-state index < -0.39 is 43.1 Å². The average Bonchev–Trinajstić information content (AvgIpc) is 3.20. The summed E-state index contributed by atoms with van der Waals surface area (Å²) in [7, 11) is 0. The van der Waals surface area contributed by atoms with Crippen LogP contribution in [0.25, 0.3) is 21.7 Å². The Bertz CT molecular complexity index is 1370. The summed E-state index contributed by atoms with van der Waals surface area (Å²) in [5, 5.41) is 43.4. The lowest BCUT2D eigenvalue weighted by Crippen LogP contribution is -2.56. The van der Waals surface area contributed by atoms with Crippen molar-refractivity contribution in [2.45, 2.75) is 44.0 Å². The van der Waals surface area contributed by atoms with Crippen LogP contribution < -0.4 is 0 Å². The Balaban J connectivity index is 1.61. The Kier molecular flexibility index (Phi) is 6.10. The number of aromatic nitrogens is 1. The maximum atomic E-state index is 15.1. The van der Waals surface area contributed by atoms with Crippen LogP contribution in [0.2, 0.25) is 5.02 Å². The van der Waals surface area contributed by atoms with E-state index >= 15 is 4.39 Å². The second kappa shape index (κ2) is 8.92. The summed E-state index contributed by atoms with van der Waals surface area (Å²) in [6, 6.07) is 15.0. The highest BCUT2D eigenvalue weighted by atomic mass is 35.5. The van der Waals surface area contributed by atoms with Crippen LogP contribution in [-0.2, 0) is 11.2 Å². The first-order valence-corrected chi connectivity index (χ1v) is 11.4. The SMILES string of the molecule is Cc1ccc2cc(Cc3cn([C@@H]4O[C@H](CO)[C@@H](O)[C@H](O)[C@H]4O)c4c(Cl)ccc(F)c34)ccc2c1. The van der Waals surface area contributed by atoms with Gasteiger partial charge in [-0.2, -0.15) is 0 Å². The monoisotopic (exact) mass is 485 g/mol. The van der Waals surface area contributed by atoms with Crippen molar-refractivity contribution in [3.05, 3.63) is 82.3 Å². The molecule has 4 aromatic rings. The van der Waals surface area contributed by atoms with Gasteiger partial charge in [-0.3, -0.25) is 0 Å². The van der Waals surface area contributed by atoms with Gasteiger partial charge in [0.25, 0.3) is 0 Å². The largest absolute Gasteiger partial charge is 0.394 e. The van der Waals surface area contributed by atoms with Gasteiger partial charge in [0.1, 0.15) is 30.2 Å². The second-order valence-corrected chi connectivity index (χ2v) is 9.30. The molecule has 0 aliphatic carbocycles. The Morgan fingerprint density at radius 1 is 0.971 bits per heavy atom. The zero-order valence-electron chi connectivity index (χ0n) is 18.4. The molecule has 0 saturated carbocycles. The fraction of sp³-hybridized carbons (Fsp3) is 0.308. The maximum absolute atomic E-state index is 15.1. The molecule has 0 bridgehead atoms. The number of aryl methyl sites for hydroxylation is 1. The van der Waals surface area contributed by atoms with Crippen LogP contribution in [-0.4, -0.2) is 56.0 Å². The molecule has 1 aliphatic rings. The molecule has 0 unspecified atom stereocenters. The van der Waals surface area contributed by atoms with Crippen LogP contribution in [0.1, 0.15) is 22.9 Å². The van der Waals surface area contributed by atoms with Crippen molar-refractivity contribution in [1.29, 1.82) is 0 Å². The normalized spacial score (nSPS) is 25.3. The van der Waals surface area contributed by atoms with E-state index in [1.54, 1.807) is 6.20 Å². The number of aliphatic hydroxyl groups excluding tert-OH is 4. The quantitative estimate of drug-likeness (QED) is 0.355. The third kappa shape index (κ3) is 3.88. The van der Waals surface area contributed by atoms with Crippen molar-refractivity contribution in [1.82, 2.24) is 4.57 Å². The van der Waals surface area contributed by atoms with Crippen LogP contribution in [0.15, 0.2) is 54.7 Å². The molecule has 1 aromatic heterocycles. The molecular weight excluding hydrogens is 461 g/mol. The molecule has 1 aliphatic heterocycles. The van der Waals surface area contributed by atoms with E-state index in [9.17, 15) is 20.4 Å². The third-order valence-electron chi connectivity index (χ3n) is 6.55. The summed E-state index contributed by atoms with van der Waals surface area (Å²) in [6.07, 6.45) is -4.83. The summed E-state index contributed by atoms with van der Waals surface area (Å²) in [6.45, 7) is 1.47. The van der Waals surface area contributed by atoms with Gasteiger partial charge in [-0.25, -0.2) is 4.39 Å². The van der Waals surface area contributed by atoms with E-state index in [4.69, 9.17) is 16.3 Å². The number of rotatable bonds is 4. The minimum Gasteiger partial charge on any atom is -0.394 e. The van der Waals surface area contributed by atoms with Crippen LogP contribution in [0.5, 0.6) is 0 Å². The first-order chi connectivity index (χ1) is 16.3. The number of halogens is 2. The van der Waals surface area contributed by atoms with Crippen molar-refractivity contribution >= 4 is 33.3 Å². The molecule has 1 fully saturated rings. The second-order valence-electron chi connectivity index (χ2n) is 8.90. The lowest BCUT2D eigenvalue weighted by atomic mass is 9.98. The predicted molar refractivity (Wildman–Crippen MR) is 127 cm³/mol. The van der Waals surface area contributed by atoms with Crippen LogP contribution in [0.3, 0.4) is 0 Å². The average molecular weight is 486 g/mol. The smallest absolute Gasteiger partial charge is 0.163 e. The number of ether oxygens (including phenoxy) is 1. The highest BCUT2D eigenvalue weighted by molar-refractivity contribution is 6.35. The molecule has 4 N–H and O–H groups in total. The number of hydrogen-bond donors (Lipinski definition) is 4. The number of benzene rings is 3. The zero-order valence-corrected chi connectivity index (χ0v) is 19.2. The van der Waals surface area contributed by atoms with Crippen LogP contribution >= 0.6 is 11.6 Å². The Morgan fingerprint density at radius 3 is 2.47 bits per heavy atom. The predicted octanol–water partition coefficient (Wildman–Crippen LogP) is 3.46. The van der Waals surface area contributed by atoms with Gasteiger partial charge in [0, 0.05) is 11.6 Å². The highest BCUT2D eigenvalue weighted by Crippen LogP contribution is 2.38. The lowest BCUT2D eigenvalue weighted by molar-refractivity contribution is -0.250. The van der Waals surface area contributed by atoms with E-state index in [0.717, 1.165) is 16.3 Å². The minimum atomic E-state index is -1.56. The van der Waals surface area contributed by atoms with E-state index in [0.29, 0.717) is 17.5 Å². The summed E-state index contributed by atoms with van der Waals surface area (Å²) >= 11 is 6.46. The van der Waals surface area contributed by atoms with E-state index in [2.05, 4.69) is 6.07 Å². The summed E-state index contributed by atoms with van der Waals surface area (Å²) in [4.78, 5) is 0. The molecule has 1 saturated heterocycles. The molecular formula is C26H25ClFNO5. The van der Waals surface area contributed by atoms with Gasteiger partial charge in [-0.05, 0) is 47.4 Å². The minimum absolute atomic E-state index is 0.244. The Labute approximate surface area is 200 Å². The summed E-state index contributed by atoms with van der Waals surface area (Å²) < 4.78 is 22.3. The standard InChI is InChI=1S/C26H25ClFNO5/c1-13-2-4-16-9-14(3-5-15(16)8-13)10-17-11-29(22-18(27)6-7-19(28)21(17)22)26-25(33)24(32)23(31)20(12-30)34-26/h2-9,11,20,23-26,30-33H,10,12H2,1H3/t20-,23-,24+,25-,26-/m1/s1. The third-order valence-corrected chi connectivity index (χ3v) is 6.85. The van der Waals surface area contributed by atoms with Crippen molar-refractivity contribution < 1.29 is 29.6 Å². The van der Waals surface area contributed by atoms with Crippen LogP contribution in [0.4, 0.5) is 4.39 Å². The molecule has 178 valence electrons. The van der Waals surface area contributed by atoms with Gasteiger partial charge in [0.05, 0.1) is 17.1 Å². The molecule has 3 aromatic carbocycles. The van der Waals surface area contributed by atoms with Gasteiger partial charge in [-0.15, -0.1) is 0 Å². The Hall–Kier alpha value is -2.52. The first-order valence-electron chi connectivity index (χ1n) is 11.1. The van der Waals surface area contributed by atoms with Crippen LogP contribution in [0, 0.1) is 12.7 Å². The highest BCUT2D eigenvalue weighted by Gasteiger charge is 2.44. The first kappa shape index (κ1) is 23.2. The van der Waals surface area contributed by atoms with Crippen molar-refractivity contribution in [3.63, 3.8) is 0 Å². The molecule has 5 atom stereocenters. The fourth-order valence-corrected chi connectivity index (χ4v) is 5.04. The van der Waals surface area contributed by atoms with Gasteiger partial charge in [-0.1, -0.05) is 53.6 Å². The van der Waals surface area contributed by atoms with E-state index in [-0.39, 0.29) is 10.4 Å². The number of nitrogens with zero attached hydrogens (tertiary/aromatic N) is 1. The number of aliphatic hydroxyl groups is 4. The molecule has 2 heterocycles. The molecule has 6 nitrogen and oxygen atoms in total. The molecule has 0 amide bonds. The lowest BCUT2D eigenvalue weighted by Gasteiger charge is -2.40. The van der Waals surface area contributed by atoms with E-state index in [1.165, 1.54) is 22.3 Å². The summed E-state index contributed by atoms with van der Waals surface area (Å²) in [5.41, 5.74) is 3.05. The fourth-order valence-electron chi connectivity index (χ4n) is 4.79. The maximum Gasteiger partial charge on any atom is 0.163 e. The van der Waals surface area contributed by atoms with Gasteiger partial charge in [0.2, 0.25) is 0 Å². The number of fused-ring (bicyclic) bond motifs is 2. The van der Waals surface area contributed by atoms with Gasteiger partial charge in [0.15, 0.2) is 6.23 Å². The molecule has 34 heavy (non-hydrogen) atoms. The molecule has 0 radical (unpaired) electrons. The van der Waals surface area contributed by atoms with Crippen molar-refractivity contribution in [3.8, 4) is 0 Å². The molecule has 5 rings (SSSR count). The van der Waals surface area contributed by atoms with Crippen molar-refractivity contribution in [2.75, 3.05) is 6.61 Å². The Morgan fingerprint density at radius 2 is 1.71 bits per heavy atom. The summed E-state index contributed by atoms with van der Waals surface area (Å²) in [5.74, 6) is -0.478. The molecule has 0 spiro atoms. The van der Waals surface area contributed by atoms with Gasteiger partial charge >= 0.3 is 0 Å². The van der Waals surface area contributed by atoms with Gasteiger partial charge < -0.3 is 29.7 Å². The number of hydrogen-bond acceptors (Lipinski definition) is 5. The zero-order chi connectivity index (χ0) is 24.1. The van der Waals surface area contributed by atoms with E-state index in [1.807, 2.05) is 37.3 Å². The van der Waals surface area contributed by atoms with Crippen molar-refractivity contribution in [2.24, 2.45) is 0 Å². The molecule has 8 heteroatoms. The topological polar surface area (TPSA) is 95.1 Å².